The van der Waals surface area contributed by atoms with Crippen molar-refractivity contribution < 1.29 is 22.6 Å². The van der Waals surface area contributed by atoms with Crippen LogP contribution in [0.2, 0.25) is 0 Å². The van der Waals surface area contributed by atoms with Gasteiger partial charge in [0.25, 0.3) is 0 Å². The number of benzene rings is 2. The van der Waals surface area contributed by atoms with Crippen molar-refractivity contribution >= 4 is 0 Å². The summed E-state index contributed by atoms with van der Waals surface area (Å²) in [4.78, 5) is 2.99. The van der Waals surface area contributed by atoms with E-state index >= 15 is 0 Å². The van der Waals surface area contributed by atoms with Gasteiger partial charge in [0.2, 0.25) is 0 Å². The first-order chi connectivity index (χ1) is 12.1. The highest BCUT2D eigenvalue weighted by atomic mass is 19.1. The van der Waals surface area contributed by atoms with Crippen LogP contribution in [0.3, 0.4) is 0 Å². The third-order valence-corrected chi connectivity index (χ3v) is 3.78. The second kappa shape index (κ2) is 7.34. The Balaban J connectivity index is 1.76. The Morgan fingerprint density at radius 1 is 0.920 bits per heavy atom. The topological polar surface area (TPSA) is 34.2 Å². The summed E-state index contributed by atoms with van der Waals surface area (Å²) in [5.41, 5.74) is 1.79. The summed E-state index contributed by atoms with van der Waals surface area (Å²) in [6.07, 6.45) is 4.45. The van der Waals surface area contributed by atoms with E-state index in [0.717, 1.165) is 11.1 Å². The molecule has 2 aromatic carbocycles. The van der Waals surface area contributed by atoms with Gasteiger partial charge >= 0.3 is 0 Å². The smallest absolute Gasteiger partial charge is 0.161 e. The Kier molecular flexibility index (Phi) is 4.97. The first kappa shape index (κ1) is 17.0. The van der Waals surface area contributed by atoms with E-state index in [-0.39, 0.29) is 12.2 Å². The summed E-state index contributed by atoms with van der Waals surface area (Å²) >= 11 is 0. The average molecular weight is 347 g/mol. The molecule has 130 valence electrons. The number of hydrogen-bond donors (Lipinski definition) is 1. The lowest BCUT2D eigenvalue weighted by Crippen LogP contribution is -2.04. The van der Waals surface area contributed by atoms with Crippen LogP contribution in [0.5, 0.6) is 11.5 Å². The summed E-state index contributed by atoms with van der Waals surface area (Å²) in [6, 6.07) is 8.55. The highest BCUT2D eigenvalue weighted by Gasteiger charge is 2.14. The molecule has 0 radical (unpaired) electrons. The third kappa shape index (κ3) is 3.96. The second-order valence-electron chi connectivity index (χ2n) is 5.52. The van der Waals surface area contributed by atoms with Crippen LogP contribution in [0.15, 0.2) is 48.8 Å². The number of nitrogens with one attached hydrogen (secondary N) is 1. The van der Waals surface area contributed by atoms with Crippen LogP contribution in [0.4, 0.5) is 13.2 Å². The van der Waals surface area contributed by atoms with Gasteiger partial charge in [0.1, 0.15) is 24.1 Å². The zero-order chi connectivity index (χ0) is 17.8. The molecule has 25 heavy (non-hydrogen) atoms. The van der Waals surface area contributed by atoms with Crippen LogP contribution >= 0.6 is 0 Å². The molecule has 3 aromatic rings. The molecule has 0 atom stereocenters. The highest BCUT2D eigenvalue weighted by molar-refractivity contribution is 5.44. The van der Waals surface area contributed by atoms with Crippen molar-refractivity contribution in [3.05, 3.63) is 82.9 Å². The van der Waals surface area contributed by atoms with Crippen LogP contribution in [0, 0.1) is 17.5 Å². The van der Waals surface area contributed by atoms with Gasteiger partial charge in [0.15, 0.2) is 11.5 Å². The van der Waals surface area contributed by atoms with Gasteiger partial charge in [-0.2, -0.15) is 0 Å². The maximum absolute atomic E-state index is 13.7. The van der Waals surface area contributed by atoms with E-state index in [9.17, 15) is 13.2 Å². The molecular formula is C19H16F3NO2. The number of hydrogen-bond acceptors (Lipinski definition) is 2. The molecule has 0 aliphatic rings. The van der Waals surface area contributed by atoms with Gasteiger partial charge in [-0.15, -0.1) is 0 Å². The van der Waals surface area contributed by atoms with Crippen molar-refractivity contribution in [3.63, 3.8) is 0 Å². The van der Waals surface area contributed by atoms with Crippen LogP contribution < -0.4 is 9.47 Å². The number of rotatable bonds is 6. The Hall–Kier alpha value is -2.89. The molecule has 0 unspecified atom stereocenters. The zero-order valence-corrected chi connectivity index (χ0v) is 13.5. The number of methoxy groups -OCH3 is 1. The predicted molar refractivity (Wildman–Crippen MR) is 87.2 cm³/mol. The van der Waals surface area contributed by atoms with E-state index in [1.54, 1.807) is 12.1 Å². The number of halogens is 3. The van der Waals surface area contributed by atoms with Crippen molar-refractivity contribution in [2.75, 3.05) is 7.11 Å². The Morgan fingerprint density at radius 3 is 2.32 bits per heavy atom. The molecule has 0 aliphatic heterocycles. The first-order valence-electron chi connectivity index (χ1n) is 7.61. The van der Waals surface area contributed by atoms with E-state index in [4.69, 9.17) is 9.47 Å². The van der Waals surface area contributed by atoms with Crippen LogP contribution in [-0.2, 0) is 13.0 Å². The fraction of sp³-hybridized carbons (Fsp3) is 0.158. The van der Waals surface area contributed by atoms with Gasteiger partial charge in [-0.3, -0.25) is 0 Å². The van der Waals surface area contributed by atoms with Gasteiger partial charge in [-0.05, 0) is 35.7 Å². The third-order valence-electron chi connectivity index (χ3n) is 3.78. The van der Waals surface area contributed by atoms with Gasteiger partial charge in [-0.25, -0.2) is 13.2 Å². The monoisotopic (exact) mass is 347 g/mol. The molecule has 0 fully saturated rings. The van der Waals surface area contributed by atoms with E-state index in [0.29, 0.717) is 30.1 Å². The van der Waals surface area contributed by atoms with Crippen LogP contribution in [0.25, 0.3) is 0 Å². The molecule has 0 aliphatic carbocycles. The molecule has 0 spiro atoms. The normalized spacial score (nSPS) is 10.7. The largest absolute Gasteiger partial charge is 0.493 e. The van der Waals surface area contributed by atoms with Crippen LogP contribution in [0.1, 0.15) is 16.7 Å². The van der Waals surface area contributed by atoms with E-state index in [2.05, 4.69) is 4.98 Å². The summed E-state index contributed by atoms with van der Waals surface area (Å²) in [6.45, 7) is -0.370. The fourth-order valence-electron chi connectivity index (χ4n) is 2.51. The molecule has 1 heterocycles. The molecule has 0 amide bonds. The molecular weight excluding hydrogens is 331 g/mol. The number of aromatic nitrogens is 1. The number of ether oxygens (including phenoxy) is 2. The molecule has 0 bridgehead atoms. The standard InChI is InChI=1S/C19H16F3NO2/c1-24-19-7-12(6-13-4-5-23-10-13)2-3-18(19)25-11-15-16(21)8-14(20)9-17(15)22/h2-5,7-10,23H,6,11H2,1H3. The van der Waals surface area contributed by atoms with Crippen molar-refractivity contribution in [1.29, 1.82) is 0 Å². The van der Waals surface area contributed by atoms with Crippen LogP contribution in [-0.4, -0.2) is 12.1 Å². The molecule has 3 nitrogen and oxygen atoms in total. The maximum atomic E-state index is 13.7. The molecule has 1 N–H and O–H groups in total. The van der Waals surface area contributed by atoms with Crippen molar-refractivity contribution in [1.82, 2.24) is 4.98 Å². The molecule has 0 saturated carbocycles. The maximum Gasteiger partial charge on any atom is 0.161 e. The van der Waals surface area contributed by atoms with Gasteiger partial charge in [0.05, 0.1) is 12.7 Å². The van der Waals surface area contributed by atoms with E-state index < -0.39 is 17.5 Å². The minimum atomic E-state index is -0.986. The quantitative estimate of drug-likeness (QED) is 0.706. The Bertz CT molecular complexity index is 840. The molecule has 0 saturated heterocycles. The van der Waals surface area contributed by atoms with E-state index in [1.807, 2.05) is 24.5 Å². The Morgan fingerprint density at radius 2 is 1.68 bits per heavy atom. The highest BCUT2D eigenvalue weighted by Crippen LogP contribution is 2.30. The van der Waals surface area contributed by atoms with Crippen molar-refractivity contribution in [2.24, 2.45) is 0 Å². The Labute approximate surface area is 143 Å². The lowest BCUT2D eigenvalue weighted by molar-refractivity contribution is 0.273. The van der Waals surface area contributed by atoms with Gasteiger partial charge in [-0.1, -0.05) is 6.07 Å². The molecule has 6 heteroatoms. The first-order valence-corrected chi connectivity index (χ1v) is 7.61. The lowest BCUT2D eigenvalue weighted by atomic mass is 10.1. The zero-order valence-electron chi connectivity index (χ0n) is 13.5. The summed E-state index contributed by atoms with van der Waals surface area (Å²) in [5, 5.41) is 0. The molecule has 1 aromatic heterocycles. The lowest BCUT2D eigenvalue weighted by Gasteiger charge is -2.13. The SMILES string of the molecule is COc1cc(Cc2cc[nH]c2)ccc1OCc1c(F)cc(F)cc1F. The van der Waals surface area contributed by atoms with Gasteiger partial charge < -0.3 is 14.5 Å². The minimum absolute atomic E-state index is 0.333. The predicted octanol–water partition coefficient (Wildman–Crippen LogP) is 4.61. The fourth-order valence-corrected chi connectivity index (χ4v) is 2.51. The molecule has 3 rings (SSSR count). The summed E-state index contributed by atoms with van der Waals surface area (Å²) in [5.74, 6) is -2.13. The van der Waals surface area contributed by atoms with E-state index in [1.165, 1.54) is 7.11 Å². The second-order valence-corrected chi connectivity index (χ2v) is 5.52. The van der Waals surface area contributed by atoms with Gasteiger partial charge in [0, 0.05) is 24.5 Å². The van der Waals surface area contributed by atoms with Crippen molar-refractivity contribution in [3.8, 4) is 11.5 Å². The number of aromatic amines is 1. The number of H-pyrrole nitrogens is 1. The average Bonchev–Trinajstić information content (AvgIpc) is 3.07. The summed E-state index contributed by atoms with van der Waals surface area (Å²) in [7, 11) is 1.49. The minimum Gasteiger partial charge on any atom is -0.493 e. The van der Waals surface area contributed by atoms with Crippen molar-refractivity contribution in [2.45, 2.75) is 13.0 Å². The summed E-state index contributed by atoms with van der Waals surface area (Å²) < 4.78 is 51.1.